The molecule has 0 saturated carbocycles. The molecule has 1 rings (SSSR count). The molecule has 7 nitrogen and oxygen atoms in total. The van der Waals surface area contributed by atoms with Gasteiger partial charge < -0.3 is 15.3 Å². The van der Waals surface area contributed by atoms with Gasteiger partial charge in [0.05, 0.1) is 11.5 Å². The Balaban J connectivity index is 2.78. The summed E-state index contributed by atoms with van der Waals surface area (Å²) in [4.78, 5) is 24.7. The van der Waals surface area contributed by atoms with E-state index in [-0.39, 0.29) is 18.1 Å². The lowest BCUT2D eigenvalue weighted by Crippen LogP contribution is -2.58. The fourth-order valence-corrected chi connectivity index (χ4v) is 3.71. The monoisotopic (exact) mass is 306 g/mol. The number of urea groups is 1. The highest BCUT2D eigenvalue weighted by atomic mass is 32.2. The van der Waals surface area contributed by atoms with Gasteiger partial charge in [0.1, 0.15) is 6.04 Å². The molecule has 20 heavy (non-hydrogen) atoms. The van der Waals surface area contributed by atoms with E-state index in [1.165, 1.54) is 4.90 Å². The Bertz CT molecular complexity index is 494. The van der Waals surface area contributed by atoms with Crippen LogP contribution >= 0.6 is 0 Å². The predicted octanol–water partition coefficient (Wildman–Crippen LogP) is 0.314. The molecular formula is C12H22N2O5S. The van der Waals surface area contributed by atoms with Crippen LogP contribution in [-0.2, 0) is 14.6 Å². The lowest BCUT2D eigenvalue weighted by Gasteiger charge is -2.36. The van der Waals surface area contributed by atoms with E-state index in [4.69, 9.17) is 0 Å². The molecule has 0 aromatic heterocycles. The smallest absolute Gasteiger partial charge is 0.326 e. The van der Waals surface area contributed by atoms with Crippen molar-refractivity contribution in [3.05, 3.63) is 0 Å². The second-order valence-corrected chi connectivity index (χ2v) is 8.47. The molecule has 1 aliphatic heterocycles. The Morgan fingerprint density at radius 3 is 2.30 bits per heavy atom. The molecule has 1 aliphatic rings. The van der Waals surface area contributed by atoms with Crippen LogP contribution in [0.5, 0.6) is 0 Å². The number of nitrogens with one attached hydrogen (secondary N) is 1. The number of carboxylic acids is 1. The lowest BCUT2D eigenvalue weighted by atomic mass is 9.87. The molecule has 0 aromatic carbocycles. The molecule has 0 aliphatic carbocycles. The first kappa shape index (κ1) is 16.7. The van der Waals surface area contributed by atoms with Crippen LogP contribution in [0.3, 0.4) is 0 Å². The van der Waals surface area contributed by atoms with Crippen LogP contribution in [0, 0.1) is 5.41 Å². The SMILES string of the molecule is CC1CS(=O)(=O)CCN1C(=O)NC(C(=O)O)C(C)(C)C. The van der Waals surface area contributed by atoms with E-state index >= 15 is 0 Å². The third kappa shape index (κ3) is 4.09. The molecule has 1 fully saturated rings. The molecule has 116 valence electrons. The third-order valence-corrected chi connectivity index (χ3v) is 5.11. The lowest BCUT2D eigenvalue weighted by molar-refractivity contribution is -0.142. The molecule has 1 saturated heterocycles. The minimum atomic E-state index is -3.11. The first-order valence-corrected chi connectivity index (χ1v) is 8.26. The number of aliphatic carboxylic acids is 1. The van der Waals surface area contributed by atoms with Gasteiger partial charge in [0.2, 0.25) is 0 Å². The van der Waals surface area contributed by atoms with Crippen molar-refractivity contribution in [1.82, 2.24) is 10.2 Å². The molecule has 0 bridgehead atoms. The standard InChI is InChI=1S/C12H22N2O5S/c1-8-7-20(18,19)6-5-14(8)11(17)13-9(10(15)16)12(2,3)4/h8-9H,5-7H2,1-4H3,(H,13,17)(H,15,16). The number of hydrogen-bond donors (Lipinski definition) is 2. The summed E-state index contributed by atoms with van der Waals surface area (Å²) in [5, 5.41) is 11.7. The second-order valence-electron chi connectivity index (χ2n) is 6.24. The van der Waals surface area contributed by atoms with Crippen LogP contribution in [0.4, 0.5) is 4.79 Å². The molecule has 8 heteroatoms. The zero-order valence-corrected chi connectivity index (χ0v) is 13.0. The fourth-order valence-electron chi connectivity index (χ4n) is 2.16. The molecule has 2 N–H and O–H groups in total. The van der Waals surface area contributed by atoms with Crippen molar-refractivity contribution in [2.24, 2.45) is 5.41 Å². The zero-order chi connectivity index (χ0) is 15.7. The van der Waals surface area contributed by atoms with Gasteiger partial charge in [-0.25, -0.2) is 18.0 Å². The van der Waals surface area contributed by atoms with Crippen molar-refractivity contribution in [1.29, 1.82) is 0 Å². The first-order chi connectivity index (χ1) is 8.94. The van der Waals surface area contributed by atoms with Gasteiger partial charge in [0.15, 0.2) is 9.84 Å². The number of rotatable bonds is 2. The zero-order valence-electron chi connectivity index (χ0n) is 12.2. The van der Waals surface area contributed by atoms with Gasteiger partial charge >= 0.3 is 12.0 Å². The molecule has 2 amide bonds. The average Bonchev–Trinajstić information content (AvgIpc) is 2.22. The first-order valence-electron chi connectivity index (χ1n) is 6.44. The summed E-state index contributed by atoms with van der Waals surface area (Å²) in [5.41, 5.74) is -0.632. The van der Waals surface area contributed by atoms with Crippen LogP contribution in [0.25, 0.3) is 0 Å². The van der Waals surface area contributed by atoms with E-state index < -0.39 is 39.3 Å². The van der Waals surface area contributed by atoms with Crippen LogP contribution in [0.15, 0.2) is 0 Å². The van der Waals surface area contributed by atoms with Crippen molar-refractivity contribution in [3.63, 3.8) is 0 Å². The Morgan fingerprint density at radius 1 is 1.35 bits per heavy atom. The van der Waals surface area contributed by atoms with E-state index in [1.54, 1.807) is 27.7 Å². The van der Waals surface area contributed by atoms with Crippen LogP contribution in [-0.4, -0.2) is 60.6 Å². The predicted molar refractivity (Wildman–Crippen MR) is 74.2 cm³/mol. The summed E-state index contributed by atoms with van der Waals surface area (Å²) in [6, 6.07) is -2.02. The van der Waals surface area contributed by atoms with Crippen molar-refractivity contribution < 1.29 is 23.1 Å². The highest BCUT2D eigenvalue weighted by Crippen LogP contribution is 2.20. The Hall–Kier alpha value is -1.31. The quantitative estimate of drug-likeness (QED) is 0.764. The largest absolute Gasteiger partial charge is 0.480 e. The van der Waals surface area contributed by atoms with Gasteiger partial charge in [0, 0.05) is 12.6 Å². The summed E-state index contributed by atoms with van der Waals surface area (Å²) >= 11 is 0. The molecule has 0 spiro atoms. The summed E-state index contributed by atoms with van der Waals surface area (Å²) in [7, 11) is -3.11. The minimum absolute atomic E-state index is 0.0853. The number of carbonyl (C=O) groups excluding carboxylic acids is 1. The van der Waals surface area contributed by atoms with Crippen molar-refractivity contribution in [2.75, 3.05) is 18.1 Å². The Labute approximate surface area is 119 Å². The maximum absolute atomic E-state index is 12.1. The molecular weight excluding hydrogens is 284 g/mol. The van der Waals surface area contributed by atoms with Crippen LogP contribution < -0.4 is 5.32 Å². The van der Waals surface area contributed by atoms with Gasteiger partial charge in [0.25, 0.3) is 0 Å². The number of carbonyl (C=O) groups is 2. The Morgan fingerprint density at radius 2 is 1.90 bits per heavy atom. The summed E-state index contributed by atoms with van der Waals surface area (Å²) in [6.45, 7) is 6.89. The average molecular weight is 306 g/mol. The summed E-state index contributed by atoms with van der Waals surface area (Å²) in [6.07, 6.45) is 0. The number of amides is 2. The number of hydrogen-bond acceptors (Lipinski definition) is 4. The van der Waals surface area contributed by atoms with E-state index in [9.17, 15) is 23.1 Å². The summed E-state index contributed by atoms with van der Waals surface area (Å²) < 4.78 is 22.9. The second kappa shape index (κ2) is 5.59. The van der Waals surface area contributed by atoms with Crippen molar-refractivity contribution in [3.8, 4) is 0 Å². The van der Waals surface area contributed by atoms with E-state index in [2.05, 4.69) is 5.32 Å². The molecule has 0 radical (unpaired) electrons. The number of carboxylic acid groups (broad SMARTS) is 1. The highest BCUT2D eigenvalue weighted by molar-refractivity contribution is 7.91. The normalized spacial score (nSPS) is 24.0. The van der Waals surface area contributed by atoms with Crippen LogP contribution in [0.2, 0.25) is 0 Å². The van der Waals surface area contributed by atoms with E-state index in [0.29, 0.717) is 0 Å². The Kier molecular flexibility index (Phi) is 4.68. The molecule has 2 atom stereocenters. The number of nitrogens with zero attached hydrogens (tertiary/aromatic N) is 1. The van der Waals surface area contributed by atoms with Gasteiger partial charge in [-0.05, 0) is 12.3 Å². The maximum Gasteiger partial charge on any atom is 0.326 e. The van der Waals surface area contributed by atoms with Crippen LogP contribution in [0.1, 0.15) is 27.7 Å². The maximum atomic E-state index is 12.1. The van der Waals surface area contributed by atoms with Gasteiger partial charge in [-0.3, -0.25) is 0 Å². The van der Waals surface area contributed by atoms with Crippen molar-refractivity contribution in [2.45, 2.75) is 39.8 Å². The molecule has 0 aromatic rings. The number of sulfone groups is 1. The topological polar surface area (TPSA) is 104 Å². The van der Waals surface area contributed by atoms with E-state index in [0.717, 1.165) is 0 Å². The van der Waals surface area contributed by atoms with Crippen molar-refractivity contribution >= 4 is 21.8 Å². The third-order valence-electron chi connectivity index (χ3n) is 3.31. The fraction of sp³-hybridized carbons (Fsp3) is 0.833. The summed E-state index contributed by atoms with van der Waals surface area (Å²) in [5.74, 6) is -1.28. The molecule has 2 unspecified atom stereocenters. The van der Waals surface area contributed by atoms with Gasteiger partial charge in [-0.2, -0.15) is 0 Å². The van der Waals surface area contributed by atoms with E-state index in [1.807, 2.05) is 0 Å². The molecule has 1 heterocycles. The highest BCUT2D eigenvalue weighted by Gasteiger charge is 2.37. The van der Waals surface area contributed by atoms with Gasteiger partial charge in [-0.1, -0.05) is 20.8 Å². The van der Waals surface area contributed by atoms with Gasteiger partial charge in [-0.15, -0.1) is 0 Å². The minimum Gasteiger partial charge on any atom is -0.480 e.